The molecule has 0 fully saturated rings. The molecule has 0 bridgehead atoms. The van der Waals surface area contributed by atoms with Crippen LogP contribution in [0.1, 0.15) is 56.2 Å². The molecule has 1 aliphatic carbocycles. The van der Waals surface area contributed by atoms with Crippen LogP contribution in [0.2, 0.25) is 0 Å². The Morgan fingerprint density at radius 1 is 1.17 bits per heavy atom. The van der Waals surface area contributed by atoms with Crippen LogP contribution in [0.3, 0.4) is 0 Å². The summed E-state index contributed by atoms with van der Waals surface area (Å²) in [7, 11) is 1.70. The Labute approximate surface area is 173 Å². The third-order valence-corrected chi connectivity index (χ3v) is 5.15. The van der Waals surface area contributed by atoms with Gasteiger partial charge in [0.1, 0.15) is 11.4 Å². The zero-order chi connectivity index (χ0) is 20.9. The number of para-hydroxylation sites is 1. The summed E-state index contributed by atoms with van der Waals surface area (Å²) in [6.45, 7) is 6.95. The Balaban J connectivity index is 1.62. The number of amides is 1. The lowest BCUT2D eigenvalue weighted by Crippen LogP contribution is -2.35. The Kier molecular flexibility index (Phi) is 6.68. The maximum absolute atomic E-state index is 12.0. The summed E-state index contributed by atoms with van der Waals surface area (Å²) in [6.07, 6.45) is 2.93. The molecule has 29 heavy (non-hydrogen) atoms. The van der Waals surface area contributed by atoms with Crippen LogP contribution >= 0.6 is 0 Å². The van der Waals surface area contributed by atoms with Crippen LogP contribution in [0.25, 0.3) is 0 Å². The van der Waals surface area contributed by atoms with Gasteiger partial charge in [0, 0.05) is 30.3 Å². The molecule has 156 valence electrons. The predicted octanol–water partition coefficient (Wildman–Crippen LogP) is 5.25. The standard InChI is InChI=1S/C24H32N2O3/c1-24(2,3)29-23(27)26-15-18-10-7-9-17-14-20(12-13-21(17)18)25-16-19-8-5-6-11-22(19)28-4/h5-6,8,11-14,18,25H,7,9-10,15-16H2,1-4H3,(H,26,27)/t18-/m0/s1. The molecule has 0 radical (unpaired) electrons. The maximum atomic E-state index is 12.0. The van der Waals surface area contributed by atoms with Crippen LogP contribution in [0.15, 0.2) is 42.5 Å². The Hall–Kier alpha value is -2.69. The molecular weight excluding hydrogens is 364 g/mol. The van der Waals surface area contributed by atoms with E-state index in [2.05, 4.69) is 34.9 Å². The van der Waals surface area contributed by atoms with Gasteiger partial charge < -0.3 is 20.1 Å². The number of benzene rings is 2. The average Bonchev–Trinajstić information content (AvgIpc) is 2.69. The van der Waals surface area contributed by atoms with E-state index in [0.29, 0.717) is 19.0 Å². The van der Waals surface area contributed by atoms with Crippen LogP contribution in [-0.2, 0) is 17.7 Å². The molecule has 0 heterocycles. The molecule has 3 rings (SSSR count). The van der Waals surface area contributed by atoms with Crippen LogP contribution < -0.4 is 15.4 Å². The topological polar surface area (TPSA) is 59.6 Å². The van der Waals surface area contributed by atoms with Gasteiger partial charge in [-0.15, -0.1) is 0 Å². The van der Waals surface area contributed by atoms with Gasteiger partial charge in [-0.25, -0.2) is 4.79 Å². The van der Waals surface area contributed by atoms with Crippen molar-refractivity contribution in [2.45, 2.75) is 58.1 Å². The summed E-state index contributed by atoms with van der Waals surface area (Å²) in [5.74, 6) is 1.22. The lowest BCUT2D eigenvalue weighted by Gasteiger charge is -2.27. The predicted molar refractivity (Wildman–Crippen MR) is 117 cm³/mol. The Morgan fingerprint density at radius 2 is 1.97 bits per heavy atom. The first-order valence-corrected chi connectivity index (χ1v) is 10.3. The number of methoxy groups -OCH3 is 1. The summed E-state index contributed by atoms with van der Waals surface area (Å²) in [6, 6.07) is 14.6. The van der Waals surface area contributed by atoms with Crippen LogP contribution in [0.4, 0.5) is 10.5 Å². The molecule has 0 saturated carbocycles. The van der Waals surface area contributed by atoms with Crippen LogP contribution in [-0.4, -0.2) is 25.3 Å². The second-order valence-electron chi connectivity index (χ2n) is 8.55. The van der Waals surface area contributed by atoms with E-state index in [1.165, 1.54) is 11.1 Å². The van der Waals surface area contributed by atoms with Gasteiger partial charge in [-0.1, -0.05) is 24.3 Å². The van der Waals surface area contributed by atoms with Crippen molar-refractivity contribution in [1.82, 2.24) is 5.32 Å². The monoisotopic (exact) mass is 396 g/mol. The van der Waals surface area contributed by atoms with E-state index in [9.17, 15) is 4.79 Å². The fourth-order valence-corrected chi connectivity index (χ4v) is 3.80. The van der Waals surface area contributed by atoms with E-state index in [1.54, 1.807) is 7.11 Å². The first kappa shape index (κ1) is 21.0. The van der Waals surface area contributed by atoms with Gasteiger partial charge in [-0.05, 0) is 69.4 Å². The minimum absolute atomic E-state index is 0.328. The molecule has 0 aliphatic heterocycles. The number of ether oxygens (including phenoxy) is 2. The Morgan fingerprint density at radius 3 is 2.72 bits per heavy atom. The van der Waals surface area contributed by atoms with Crippen molar-refractivity contribution >= 4 is 11.8 Å². The largest absolute Gasteiger partial charge is 0.496 e. The van der Waals surface area contributed by atoms with E-state index in [1.807, 2.05) is 39.0 Å². The minimum atomic E-state index is -0.476. The molecule has 1 aliphatic rings. The highest BCUT2D eigenvalue weighted by Gasteiger charge is 2.22. The number of fused-ring (bicyclic) bond motifs is 1. The molecule has 5 nitrogen and oxygen atoms in total. The van der Waals surface area contributed by atoms with Gasteiger partial charge in [0.05, 0.1) is 7.11 Å². The molecule has 1 amide bonds. The van der Waals surface area contributed by atoms with E-state index in [-0.39, 0.29) is 6.09 Å². The highest BCUT2D eigenvalue weighted by molar-refractivity contribution is 5.67. The number of carbonyl (C=O) groups is 1. The molecule has 2 N–H and O–H groups in total. The molecule has 1 atom stereocenters. The van der Waals surface area contributed by atoms with Gasteiger partial charge in [0.2, 0.25) is 0 Å². The van der Waals surface area contributed by atoms with Crippen molar-refractivity contribution in [2.75, 3.05) is 19.0 Å². The summed E-state index contributed by atoms with van der Waals surface area (Å²) in [5.41, 5.74) is 4.45. The second kappa shape index (κ2) is 9.21. The van der Waals surface area contributed by atoms with Crippen LogP contribution in [0, 0.1) is 0 Å². The smallest absolute Gasteiger partial charge is 0.407 e. The molecule has 2 aromatic carbocycles. The zero-order valence-corrected chi connectivity index (χ0v) is 17.9. The molecule has 0 unspecified atom stereocenters. The molecule has 0 saturated heterocycles. The number of hydrogen-bond donors (Lipinski definition) is 2. The summed E-state index contributed by atoms with van der Waals surface area (Å²) in [5, 5.41) is 6.44. The Bertz CT molecular complexity index is 842. The van der Waals surface area contributed by atoms with Crippen LogP contribution in [0.5, 0.6) is 5.75 Å². The number of aryl methyl sites for hydroxylation is 1. The van der Waals surface area contributed by atoms with E-state index in [0.717, 1.165) is 36.3 Å². The summed E-state index contributed by atoms with van der Waals surface area (Å²) in [4.78, 5) is 12.0. The van der Waals surface area contributed by atoms with E-state index in [4.69, 9.17) is 9.47 Å². The van der Waals surface area contributed by atoms with Crippen molar-refractivity contribution in [1.29, 1.82) is 0 Å². The lowest BCUT2D eigenvalue weighted by molar-refractivity contribution is 0.0523. The van der Waals surface area contributed by atoms with Crippen molar-refractivity contribution in [2.24, 2.45) is 0 Å². The normalized spacial score (nSPS) is 15.9. The highest BCUT2D eigenvalue weighted by Crippen LogP contribution is 2.33. The third-order valence-electron chi connectivity index (χ3n) is 5.15. The molecule has 5 heteroatoms. The fraction of sp³-hybridized carbons (Fsp3) is 0.458. The number of carbonyl (C=O) groups excluding carboxylic acids is 1. The highest BCUT2D eigenvalue weighted by atomic mass is 16.6. The number of alkyl carbamates (subject to hydrolysis) is 1. The average molecular weight is 397 g/mol. The first-order valence-electron chi connectivity index (χ1n) is 10.3. The van der Waals surface area contributed by atoms with E-state index < -0.39 is 5.60 Å². The van der Waals surface area contributed by atoms with Crippen molar-refractivity contribution < 1.29 is 14.3 Å². The van der Waals surface area contributed by atoms with E-state index >= 15 is 0 Å². The second-order valence-corrected chi connectivity index (χ2v) is 8.55. The number of hydrogen-bond acceptors (Lipinski definition) is 4. The number of anilines is 1. The molecule has 2 aromatic rings. The summed E-state index contributed by atoms with van der Waals surface area (Å²) >= 11 is 0. The maximum Gasteiger partial charge on any atom is 0.407 e. The van der Waals surface area contributed by atoms with Gasteiger partial charge in [0.25, 0.3) is 0 Å². The molecule has 0 spiro atoms. The third kappa shape index (κ3) is 5.89. The zero-order valence-electron chi connectivity index (χ0n) is 17.9. The van der Waals surface area contributed by atoms with Gasteiger partial charge in [0.15, 0.2) is 0 Å². The van der Waals surface area contributed by atoms with Crippen molar-refractivity contribution in [3.63, 3.8) is 0 Å². The lowest BCUT2D eigenvalue weighted by atomic mass is 9.82. The van der Waals surface area contributed by atoms with Gasteiger partial charge in [-0.2, -0.15) is 0 Å². The van der Waals surface area contributed by atoms with Gasteiger partial charge >= 0.3 is 6.09 Å². The SMILES string of the molecule is COc1ccccc1CNc1ccc2c(c1)CCC[C@H]2CNC(=O)OC(C)(C)C. The number of rotatable bonds is 6. The molecule has 0 aromatic heterocycles. The quantitative estimate of drug-likeness (QED) is 0.700. The number of nitrogens with one attached hydrogen (secondary N) is 2. The minimum Gasteiger partial charge on any atom is -0.496 e. The summed E-state index contributed by atoms with van der Waals surface area (Å²) < 4.78 is 10.8. The molecular formula is C24H32N2O3. The van der Waals surface area contributed by atoms with Gasteiger partial charge in [-0.3, -0.25) is 0 Å². The fourth-order valence-electron chi connectivity index (χ4n) is 3.80. The van der Waals surface area contributed by atoms with Crippen molar-refractivity contribution in [3.05, 3.63) is 59.2 Å². The van der Waals surface area contributed by atoms with Crippen molar-refractivity contribution in [3.8, 4) is 5.75 Å². The first-order chi connectivity index (χ1) is 13.9.